The molecular formula is C14H18BF3O4. The van der Waals surface area contributed by atoms with E-state index >= 15 is 0 Å². The third-order valence-corrected chi connectivity index (χ3v) is 3.39. The normalized spacial score (nSPS) is 16.0. The first-order valence-corrected chi connectivity index (χ1v) is 7.06. The van der Waals surface area contributed by atoms with Gasteiger partial charge in [0.25, 0.3) is 0 Å². The van der Waals surface area contributed by atoms with E-state index in [0.29, 0.717) is 6.42 Å². The lowest BCUT2D eigenvalue weighted by Gasteiger charge is -2.28. The van der Waals surface area contributed by atoms with Crippen molar-refractivity contribution in [1.82, 2.24) is 0 Å². The Morgan fingerprint density at radius 2 is 1.91 bits per heavy atom. The zero-order valence-electron chi connectivity index (χ0n) is 12.9. The summed E-state index contributed by atoms with van der Waals surface area (Å²) in [6, 6.07) is 2.51. The quantitative estimate of drug-likeness (QED) is 0.756. The molecule has 0 spiro atoms. The van der Waals surface area contributed by atoms with Crippen molar-refractivity contribution in [2.45, 2.75) is 46.0 Å². The summed E-state index contributed by atoms with van der Waals surface area (Å²) < 4.78 is 60.2. The molecule has 122 valence electrons. The highest BCUT2D eigenvalue weighted by molar-refractivity contribution is 6.61. The van der Waals surface area contributed by atoms with E-state index in [-0.39, 0.29) is 17.8 Å². The summed E-state index contributed by atoms with van der Waals surface area (Å²) in [7, 11) is -1.02. The summed E-state index contributed by atoms with van der Waals surface area (Å²) in [6.45, 7) is 7.58. The molecule has 2 rings (SSSR count). The predicted molar refractivity (Wildman–Crippen MR) is 75.1 cm³/mol. The van der Waals surface area contributed by atoms with Crippen molar-refractivity contribution in [3.05, 3.63) is 17.9 Å². The van der Waals surface area contributed by atoms with Gasteiger partial charge in [0, 0.05) is 17.7 Å². The van der Waals surface area contributed by atoms with Crippen LogP contribution in [0.15, 0.2) is 12.1 Å². The summed E-state index contributed by atoms with van der Waals surface area (Å²) in [5.41, 5.74) is -0.574. The minimum absolute atomic E-state index is 0.0107. The number of hydrogen-bond acceptors (Lipinski definition) is 4. The molecule has 22 heavy (non-hydrogen) atoms. The first-order valence-electron chi connectivity index (χ1n) is 7.06. The van der Waals surface area contributed by atoms with E-state index in [0.717, 1.165) is 0 Å². The molecule has 0 unspecified atom stereocenters. The van der Waals surface area contributed by atoms with E-state index < -0.39 is 30.6 Å². The number of benzene rings is 1. The van der Waals surface area contributed by atoms with Crippen LogP contribution in [0.1, 0.15) is 34.1 Å². The second kappa shape index (κ2) is 6.00. The van der Waals surface area contributed by atoms with E-state index in [1.165, 1.54) is 12.1 Å². The van der Waals surface area contributed by atoms with Gasteiger partial charge in [0.1, 0.15) is 0 Å². The van der Waals surface area contributed by atoms with E-state index in [1.807, 2.05) is 20.8 Å². The molecule has 0 saturated heterocycles. The lowest BCUT2D eigenvalue weighted by atomic mass is 9.76. The molecule has 0 saturated carbocycles. The number of rotatable bonds is 6. The Kier molecular flexibility index (Phi) is 4.63. The molecule has 0 aliphatic carbocycles. The fourth-order valence-electron chi connectivity index (χ4n) is 1.89. The minimum atomic E-state index is -3.87. The molecule has 1 aromatic rings. The highest BCUT2D eigenvalue weighted by Gasteiger charge is 2.46. The number of halogens is 3. The van der Waals surface area contributed by atoms with E-state index in [1.54, 1.807) is 6.92 Å². The Bertz CT molecular complexity index is 551. The Morgan fingerprint density at radius 1 is 1.23 bits per heavy atom. The fourth-order valence-corrected chi connectivity index (χ4v) is 1.89. The van der Waals surface area contributed by atoms with E-state index in [4.69, 9.17) is 9.31 Å². The lowest BCUT2D eigenvalue weighted by molar-refractivity contribution is -0.287. The van der Waals surface area contributed by atoms with Gasteiger partial charge >= 0.3 is 13.4 Å². The monoisotopic (exact) mass is 318 g/mol. The molecule has 0 N–H and O–H groups in total. The Balaban J connectivity index is 2.34. The third-order valence-electron chi connectivity index (χ3n) is 3.39. The van der Waals surface area contributed by atoms with E-state index in [9.17, 15) is 13.2 Å². The van der Waals surface area contributed by atoms with Gasteiger partial charge in [0.2, 0.25) is 5.75 Å². The largest absolute Gasteiger partial charge is 0.586 e. The van der Waals surface area contributed by atoms with Crippen molar-refractivity contribution in [2.75, 3.05) is 6.61 Å². The molecule has 1 aliphatic rings. The summed E-state index contributed by atoms with van der Waals surface area (Å²) in [4.78, 5) is 0. The molecule has 4 nitrogen and oxygen atoms in total. The van der Waals surface area contributed by atoms with Crippen LogP contribution in [-0.4, -0.2) is 25.6 Å². The van der Waals surface area contributed by atoms with Gasteiger partial charge in [-0.2, -0.15) is 0 Å². The first-order chi connectivity index (χ1) is 10.2. The molecule has 1 aromatic carbocycles. The van der Waals surface area contributed by atoms with Gasteiger partial charge in [-0.3, -0.25) is 0 Å². The van der Waals surface area contributed by atoms with Crippen LogP contribution < -0.4 is 14.9 Å². The summed E-state index contributed by atoms with van der Waals surface area (Å²) in [5, 5.41) is 0. The molecule has 0 atom stereocenters. The van der Waals surface area contributed by atoms with E-state index in [2.05, 4.69) is 9.47 Å². The molecule has 1 heterocycles. The van der Waals surface area contributed by atoms with Gasteiger partial charge in [-0.05, 0) is 33.3 Å². The second-order valence-corrected chi connectivity index (χ2v) is 5.48. The maximum absolute atomic E-state index is 14.5. The molecule has 0 radical (unpaired) electrons. The van der Waals surface area contributed by atoms with Crippen LogP contribution in [0.4, 0.5) is 13.2 Å². The number of alkyl halides is 2. The average molecular weight is 318 g/mol. The minimum Gasteiger partial charge on any atom is -0.408 e. The van der Waals surface area contributed by atoms with Gasteiger partial charge in [-0.1, -0.05) is 13.0 Å². The van der Waals surface area contributed by atoms with Crippen molar-refractivity contribution in [3.8, 4) is 11.5 Å². The zero-order valence-corrected chi connectivity index (χ0v) is 12.9. The van der Waals surface area contributed by atoms with Crippen molar-refractivity contribution in [2.24, 2.45) is 0 Å². The number of fused-ring (bicyclic) bond motifs is 1. The van der Waals surface area contributed by atoms with Gasteiger partial charge < -0.3 is 18.8 Å². The van der Waals surface area contributed by atoms with Crippen LogP contribution in [0.3, 0.4) is 0 Å². The molecule has 1 aliphatic heterocycles. The van der Waals surface area contributed by atoms with Crippen LogP contribution in [0.5, 0.6) is 11.5 Å². The Labute approximate surface area is 127 Å². The average Bonchev–Trinajstić information content (AvgIpc) is 2.74. The summed E-state index contributed by atoms with van der Waals surface area (Å²) >= 11 is 0. The topological polar surface area (TPSA) is 36.9 Å². The van der Waals surface area contributed by atoms with Gasteiger partial charge in [0.15, 0.2) is 11.6 Å². The van der Waals surface area contributed by atoms with Crippen molar-refractivity contribution in [1.29, 1.82) is 0 Å². The summed E-state index contributed by atoms with van der Waals surface area (Å²) in [6.07, 6.45) is -3.20. The third kappa shape index (κ3) is 3.49. The van der Waals surface area contributed by atoms with Gasteiger partial charge in [-0.15, -0.1) is 8.78 Å². The molecule has 8 heteroatoms. The van der Waals surface area contributed by atoms with Gasteiger partial charge in [0.05, 0.1) is 0 Å². The Hall–Kier alpha value is -1.41. The number of ether oxygens (including phenoxy) is 2. The predicted octanol–water partition coefficient (Wildman–Crippen LogP) is 3.08. The molecule has 0 bridgehead atoms. The maximum Gasteiger partial charge on any atom is 0.586 e. The fraction of sp³-hybridized carbons (Fsp3) is 0.571. The highest BCUT2D eigenvalue weighted by atomic mass is 19.3. The van der Waals surface area contributed by atoms with Crippen molar-refractivity contribution >= 4 is 12.6 Å². The molecule has 0 fully saturated rings. The van der Waals surface area contributed by atoms with Crippen LogP contribution in [0, 0.1) is 5.82 Å². The zero-order chi connectivity index (χ0) is 16.5. The van der Waals surface area contributed by atoms with Crippen LogP contribution in [0.25, 0.3) is 0 Å². The van der Waals surface area contributed by atoms with Crippen LogP contribution in [0.2, 0.25) is 0 Å². The van der Waals surface area contributed by atoms with Crippen LogP contribution in [-0.2, 0) is 9.31 Å². The second-order valence-electron chi connectivity index (χ2n) is 5.48. The first kappa shape index (κ1) is 17.0. The maximum atomic E-state index is 14.5. The molecule has 0 aromatic heterocycles. The molecular weight excluding hydrogens is 300 g/mol. The summed E-state index contributed by atoms with van der Waals surface area (Å²) in [5.74, 6) is -1.96. The highest BCUT2D eigenvalue weighted by Crippen LogP contribution is 2.42. The smallest absolute Gasteiger partial charge is 0.408 e. The lowest BCUT2D eigenvalue weighted by Crippen LogP contribution is -2.45. The number of hydrogen-bond donors (Lipinski definition) is 0. The standard InChI is InChI=1S/C14H18BF3O4/c1-5-13(3,4)22-15(19-6-2)9-7-8-10-12(11(9)16)21-14(17,18)20-10/h7-8H,5-6H2,1-4H3. The van der Waals surface area contributed by atoms with Crippen molar-refractivity contribution in [3.63, 3.8) is 0 Å². The Morgan fingerprint density at radius 3 is 2.50 bits per heavy atom. The molecule has 0 amide bonds. The SMILES string of the molecule is CCOB(OC(C)(C)CC)c1ccc2c(c1F)OC(F)(F)O2. The van der Waals surface area contributed by atoms with Crippen LogP contribution >= 0.6 is 0 Å². The van der Waals surface area contributed by atoms with Gasteiger partial charge in [-0.25, -0.2) is 4.39 Å². The van der Waals surface area contributed by atoms with Crippen molar-refractivity contribution < 1.29 is 32.0 Å².